The van der Waals surface area contributed by atoms with Gasteiger partial charge in [0.25, 0.3) is 0 Å². The van der Waals surface area contributed by atoms with Gasteiger partial charge in [0.15, 0.2) is 0 Å². The van der Waals surface area contributed by atoms with Gasteiger partial charge in [-0.15, -0.1) is 0 Å². The molecule has 0 spiro atoms. The Hall–Kier alpha value is -1.10. The monoisotopic (exact) mass is 280 g/mol. The van der Waals surface area contributed by atoms with Gasteiger partial charge in [0, 0.05) is 13.1 Å². The van der Waals surface area contributed by atoms with Crippen LogP contribution in [0.3, 0.4) is 0 Å². The molecule has 0 aromatic heterocycles. The van der Waals surface area contributed by atoms with Crippen molar-refractivity contribution in [2.24, 2.45) is 0 Å². The molecular formula is C16H28N2O2. The van der Waals surface area contributed by atoms with Crippen molar-refractivity contribution in [1.82, 2.24) is 10.2 Å². The summed E-state index contributed by atoms with van der Waals surface area (Å²) in [4.78, 5) is 2.23. The van der Waals surface area contributed by atoms with Crippen molar-refractivity contribution in [1.29, 1.82) is 0 Å². The molecule has 20 heavy (non-hydrogen) atoms. The maximum absolute atomic E-state index is 9.93. The highest BCUT2D eigenvalue weighted by Gasteiger charge is 2.07. The van der Waals surface area contributed by atoms with E-state index < -0.39 is 0 Å². The molecule has 0 radical (unpaired) electrons. The molecule has 0 aliphatic rings. The molecule has 1 rings (SSSR count). The average Bonchev–Trinajstić information content (AvgIpc) is 2.49. The fourth-order valence-electron chi connectivity index (χ4n) is 2.14. The van der Waals surface area contributed by atoms with Crippen LogP contribution in [0, 0.1) is 0 Å². The summed E-state index contributed by atoms with van der Waals surface area (Å²) in [6.07, 6.45) is 0.660. The average molecular weight is 280 g/mol. The molecule has 2 N–H and O–H groups in total. The van der Waals surface area contributed by atoms with E-state index in [9.17, 15) is 5.11 Å². The smallest absolute Gasteiger partial charge is 0.118 e. The molecule has 114 valence electrons. The third-order valence-corrected chi connectivity index (χ3v) is 3.49. The second kappa shape index (κ2) is 9.75. The molecule has 0 aliphatic carbocycles. The Morgan fingerprint density at radius 1 is 1.20 bits per heavy atom. The lowest BCUT2D eigenvalue weighted by molar-refractivity contribution is 0.117. The van der Waals surface area contributed by atoms with Gasteiger partial charge in [-0.2, -0.15) is 0 Å². The SMILES string of the molecule is CCN(CC)CC(O)CNCCc1ccc(OC)cc1. The van der Waals surface area contributed by atoms with Gasteiger partial charge in [0.2, 0.25) is 0 Å². The molecule has 0 saturated carbocycles. The molecule has 1 aromatic carbocycles. The van der Waals surface area contributed by atoms with Crippen LogP contribution in [0.15, 0.2) is 24.3 Å². The molecule has 4 nitrogen and oxygen atoms in total. The first-order chi connectivity index (χ1) is 9.69. The lowest BCUT2D eigenvalue weighted by atomic mass is 10.1. The minimum Gasteiger partial charge on any atom is -0.497 e. The predicted molar refractivity (Wildman–Crippen MR) is 83.4 cm³/mol. The van der Waals surface area contributed by atoms with Crippen LogP contribution in [0.2, 0.25) is 0 Å². The number of ether oxygens (including phenoxy) is 1. The van der Waals surface area contributed by atoms with Gasteiger partial charge >= 0.3 is 0 Å². The summed E-state index contributed by atoms with van der Waals surface area (Å²) in [5.41, 5.74) is 1.27. The molecule has 0 aliphatic heterocycles. The van der Waals surface area contributed by atoms with E-state index in [0.717, 1.165) is 38.3 Å². The number of benzene rings is 1. The number of nitrogens with one attached hydrogen (secondary N) is 1. The zero-order valence-corrected chi connectivity index (χ0v) is 12.9. The zero-order chi connectivity index (χ0) is 14.8. The first kappa shape index (κ1) is 17.0. The van der Waals surface area contributed by atoms with E-state index in [1.165, 1.54) is 5.56 Å². The Bertz CT molecular complexity index is 350. The van der Waals surface area contributed by atoms with Crippen molar-refractivity contribution in [3.63, 3.8) is 0 Å². The van der Waals surface area contributed by atoms with Crippen LogP contribution in [-0.4, -0.2) is 55.9 Å². The molecule has 0 fully saturated rings. The summed E-state index contributed by atoms with van der Waals surface area (Å²) >= 11 is 0. The summed E-state index contributed by atoms with van der Waals surface area (Å²) in [6.45, 7) is 8.47. The normalized spacial score (nSPS) is 12.7. The minimum absolute atomic E-state index is 0.300. The Balaban J connectivity index is 2.17. The standard InChI is InChI=1S/C16H28N2O2/c1-4-18(5-2)13-15(19)12-17-11-10-14-6-8-16(20-3)9-7-14/h6-9,15,17,19H,4-5,10-13H2,1-3H3. The summed E-state index contributed by atoms with van der Waals surface area (Å²) in [6, 6.07) is 8.11. The number of rotatable bonds is 10. The van der Waals surface area contributed by atoms with Crippen LogP contribution in [0.25, 0.3) is 0 Å². The van der Waals surface area contributed by atoms with E-state index >= 15 is 0 Å². The van der Waals surface area contributed by atoms with Crippen LogP contribution in [0.4, 0.5) is 0 Å². The molecule has 1 aromatic rings. The van der Waals surface area contributed by atoms with Gasteiger partial charge in [0.05, 0.1) is 13.2 Å². The van der Waals surface area contributed by atoms with E-state index in [1.54, 1.807) is 7.11 Å². The van der Waals surface area contributed by atoms with Crippen molar-refractivity contribution in [3.8, 4) is 5.75 Å². The molecular weight excluding hydrogens is 252 g/mol. The number of hydrogen-bond donors (Lipinski definition) is 2. The van der Waals surface area contributed by atoms with Gasteiger partial charge in [-0.1, -0.05) is 26.0 Å². The number of aliphatic hydroxyl groups is 1. The second-order valence-corrected chi connectivity index (χ2v) is 4.94. The molecule has 1 unspecified atom stereocenters. The van der Waals surface area contributed by atoms with E-state index in [-0.39, 0.29) is 6.10 Å². The summed E-state index contributed by atoms with van der Waals surface area (Å²) < 4.78 is 5.13. The van der Waals surface area contributed by atoms with Crippen LogP contribution in [0.5, 0.6) is 5.75 Å². The van der Waals surface area contributed by atoms with Crippen molar-refractivity contribution in [2.45, 2.75) is 26.4 Å². The molecule has 4 heteroatoms. The Kier molecular flexibility index (Phi) is 8.26. The molecule has 0 heterocycles. The van der Waals surface area contributed by atoms with Gasteiger partial charge in [-0.3, -0.25) is 0 Å². The zero-order valence-electron chi connectivity index (χ0n) is 12.9. The van der Waals surface area contributed by atoms with Gasteiger partial charge < -0.3 is 20.1 Å². The fraction of sp³-hybridized carbons (Fsp3) is 0.625. The number of likely N-dealkylation sites (N-methyl/N-ethyl adjacent to an activating group) is 1. The number of methoxy groups -OCH3 is 1. The van der Waals surface area contributed by atoms with Crippen molar-refractivity contribution in [3.05, 3.63) is 29.8 Å². The maximum Gasteiger partial charge on any atom is 0.118 e. The number of nitrogens with zero attached hydrogens (tertiary/aromatic N) is 1. The summed E-state index contributed by atoms with van der Waals surface area (Å²) in [5.74, 6) is 0.886. The van der Waals surface area contributed by atoms with E-state index in [2.05, 4.69) is 36.2 Å². The first-order valence-corrected chi connectivity index (χ1v) is 7.43. The highest BCUT2D eigenvalue weighted by atomic mass is 16.5. The Labute approximate surface area is 122 Å². The Morgan fingerprint density at radius 3 is 2.40 bits per heavy atom. The third-order valence-electron chi connectivity index (χ3n) is 3.49. The minimum atomic E-state index is -0.300. The van der Waals surface area contributed by atoms with Gasteiger partial charge in [0.1, 0.15) is 5.75 Å². The second-order valence-electron chi connectivity index (χ2n) is 4.94. The summed E-state index contributed by atoms with van der Waals surface area (Å²) in [5, 5.41) is 13.2. The number of aliphatic hydroxyl groups excluding tert-OH is 1. The first-order valence-electron chi connectivity index (χ1n) is 7.43. The number of hydrogen-bond acceptors (Lipinski definition) is 4. The van der Waals surface area contributed by atoms with Gasteiger partial charge in [-0.25, -0.2) is 0 Å². The Morgan fingerprint density at radius 2 is 1.85 bits per heavy atom. The quantitative estimate of drug-likeness (QED) is 0.638. The highest BCUT2D eigenvalue weighted by molar-refractivity contribution is 5.27. The topological polar surface area (TPSA) is 44.7 Å². The van der Waals surface area contributed by atoms with Crippen molar-refractivity contribution >= 4 is 0 Å². The fourth-order valence-corrected chi connectivity index (χ4v) is 2.14. The highest BCUT2D eigenvalue weighted by Crippen LogP contribution is 2.11. The van der Waals surface area contributed by atoms with E-state index in [0.29, 0.717) is 6.54 Å². The lowest BCUT2D eigenvalue weighted by Crippen LogP contribution is -2.38. The predicted octanol–water partition coefficient (Wildman–Crippen LogP) is 1.53. The van der Waals surface area contributed by atoms with Crippen LogP contribution in [0.1, 0.15) is 19.4 Å². The third kappa shape index (κ3) is 6.37. The largest absolute Gasteiger partial charge is 0.497 e. The van der Waals surface area contributed by atoms with Crippen LogP contribution >= 0.6 is 0 Å². The molecule has 1 atom stereocenters. The van der Waals surface area contributed by atoms with E-state index in [4.69, 9.17) is 4.74 Å². The van der Waals surface area contributed by atoms with Crippen molar-refractivity contribution < 1.29 is 9.84 Å². The van der Waals surface area contributed by atoms with Crippen LogP contribution in [-0.2, 0) is 6.42 Å². The van der Waals surface area contributed by atoms with E-state index in [1.807, 2.05) is 12.1 Å². The molecule has 0 saturated heterocycles. The summed E-state index contributed by atoms with van der Waals surface area (Å²) in [7, 11) is 1.67. The van der Waals surface area contributed by atoms with Crippen LogP contribution < -0.4 is 10.1 Å². The maximum atomic E-state index is 9.93. The molecule has 0 amide bonds. The molecule has 0 bridgehead atoms. The van der Waals surface area contributed by atoms with Crippen molar-refractivity contribution in [2.75, 3.05) is 39.8 Å². The lowest BCUT2D eigenvalue weighted by Gasteiger charge is -2.22. The van der Waals surface area contributed by atoms with Gasteiger partial charge in [-0.05, 0) is 43.8 Å².